The molecule has 1 aromatic heterocycles. The highest BCUT2D eigenvalue weighted by Crippen LogP contribution is 2.40. The van der Waals surface area contributed by atoms with E-state index in [1.165, 1.54) is 0 Å². The number of nitrogens with one attached hydrogen (secondary N) is 1. The predicted octanol–water partition coefficient (Wildman–Crippen LogP) is 3.68. The fourth-order valence-electron chi connectivity index (χ4n) is 3.09. The number of alkyl halides is 1. The summed E-state index contributed by atoms with van der Waals surface area (Å²) in [6, 6.07) is 2.90. The highest BCUT2D eigenvalue weighted by atomic mass is 79.9. The second-order valence-corrected chi connectivity index (χ2v) is 7.02. The van der Waals surface area contributed by atoms with Crippen molar-refractivity contribution in [3.63, 3.8) is 0 Å². The van der Waals surface area contributed by atoms with Crippen LogP contribution >= 0.6 is 27.3 Å². The molecule has 2 atom stereocenters. The number of halogens is 2. The molecule has 2 unspecified atom stereocenters. The number of rotatable bonds is 2. The standard InChI is InChI=1S/C12H15BrFNS/c13-8-3-11(16-7-8)6-12(14)4-9-1-2-10(5-12)15-9/h3,7,9-10,15H,1-2,4-6H2. The number of fused-ring (bicyclic) bond motifs is 2. The number of hydrogen-bond acceptors (Lipinski definition) is 2. The van der Waals surface area contributed by atoms with Gasteiger partial charge in [0.1, 0.15) is 5.67 Å². The molecule has 0 aliphatic carbocycles. The number of hydrogen-bond donors (Lipinski definition) is 1. The summed E-state index contributed by atoms with van der Waals surface area (Å²) >= 11 is 5.08. The van der Waals surface area contributed by atoms with Crippen LogP contribution in [0.3, 0.4) is 0 Å². The van der Waals surface area contributed by atoms with Crippen LogP contribution in [0.15, 0.2) is 15.9 Å². The van der Waals surface area contributed by atoms with Crippen molar-refractivity contribution in [3.8, 4) is 0 Å². The summed E-state index contributed by atoms with van der Waals surface area (Å²) in [7, 11) is 0. The van der Waals surface area contributed by atoms with E-state index in [0.717, 1.165) is 22.2 Å². The summed E-state index contributed by atoms with van der Waals surface area (Å²) in [5.74, 6) is 0. The van der Waals surface area contributed by atoms with Crippen LogP contribution in [0.5, 0.6) is 0 Å². The minimum atomic E-state index is -0.971. The molecule has 16 heavy (non-hydrogen) atoms. The molecule has 0 amide bonds. The van der Waals surface area contributed by atoms with E-state index in [2.05, 4.69) is 27.3 Å². The van der Waals surface area contributed by atoms with Gasteiger partial charge in [0.15, 0.2) is 0 Å². The highest BCUT2D eigenvalue weighted by molar-refractivity contribution is 9.10. The molecule has 1 aromatic rings. The lowest BCUT2D eigenvalue weighted by atomic mass is 9.86. The molecule has 1 N–H and O–H groups in total. The van der Waals surface area contributed by atoms with Crippen LogP contribution in [-0.2, 0) is 6.42 Å². The van der Waals surface area contributed by atoms with E-state index in [4.69, 9.17) is 0 Å². The van der Waals surface area contributed by atoms with E-state index in [-0.39, 0.29) is 0 Å². The van der Waals surface area contributed by atoms with Crippen LogP contribution in [-0.4, -0.2) is 17.8 Å². The molecular weight excluding hydrogens is 289 g/mol. The number of thiophene rings is 1. The Morgan fingerprint density at radius 3 is 2.69 bits per heavy atom. The first-order valence-corrected chi connectivity index (χ1v) is 7.48. The quantitative estimate of drug-likeness (QED) is 0.879. The van der Waals surface area contributed by atoms with Crippen molar-refractivity contribution < 1.29 is 4.39 Å². The third-order valence-electron chi connectivity index (χ3n) is 3.67. The first kappa shape index (κ1) is 11.2. The van der Waals surface area contributed by atoms with Gasteiger partial charge in [-0.3, -0.25) is 0 Å². The van der Waals surface area contributed by atoms with Gasteiger partial charge in [-0.25, -0.2) is 4.39 Å². The van der Waals surface area contributed by atoms with Gasteiger partial charge >= 0.3 is 0 Å². The van der Waals surface area contributed by atoms with Crippen LogP contribution in [0, 0.1) is 0 Å². The van der Waals surface area contributed by atoms with Crippen molar-refractivity contribution in [1.29, 1.82) is 0 Å². The molecule has 1 nitrogen and oxygen atoms in total. The third-order valence-corrected chi connectivity index (χ3v) is 5.37. The maximum atomic E-state index is 14.8. The second kappa shape index (κ2) is 4.07. The molecule has 0 aromatic carbocycles. The third kappa shape index (κ3) is 2.20. The van der Waals surface area contributed by atoms with Crippen LogP contribution in [0.25, 0.3) is 0 Å². The zero-order valence-corrected chi connectivity index (χ0v) is 11.4. The molecule has 2 bridgehead atoms. The maximum Gasteiger partial charge on any atom is 0.118 e. The zero-order valence-electron chi connectivity index (χ0n) is 9.01. The molecule has 2 fully saturated rings. The van der Waals surface area contributed by atoms with E-state index >= 15 is 0 Å². The molecule has 0 spiro atoms. The lowest BCUT2D eigenvalue weighted by molar-refractivity contribution is 0.0902. The molecule has 2 aliphatic rings. The van der Waals surface area contributed by atoms with Gasteiger partial charge in [0.05, 0.1) is 0 Å². The van der Waals surface area contributed by atoms with E-state index in [1.54, 1.807) is 11.3 Å². The van der Waals surface area contributed by atoms with Crippen LogP contribution in [0.1, 0.15) is 30.6 Å². The SMILES string of the molecule is FC1(Cc2cc(Br)cs2)CC2CCC(C1)N2. The molecule has 4 heteroatoms. The Hall–Kier alpha value is 0.0700. The lowest BCUT2D eigenvalue weighted by Gasteiger charge is -2.34. The van der Waals surface area contributed by atoms with Gasteiger partial charge in [-0.05, 0) is 47.7 Å². The van der Waals surface area contributed by atoms with Crippen molar-refractivity contribution in [2.45, 2.75) is 49.9 Å². The average Bonchev–Trinajstić information content (AvgIpc) is 2.73. The molecule has 0 saturated carbocycles. The summed E-state index contributed by atoms with van der Waals surface area (Å²) in [6.07, 6.45) is 4.30. The van der Waals surface area contributed by atoms with Crippen molar-refractivity contribution >= 4 is 27.3 Å². The van der Waals surface area contributed by atoms with E-state index in [1.807, 2.05) is 5.38 Å². The van der Waals surface area contributed by atoms with Crippen LogP contribution in [0.2, 0.25) is 0 Å². The van der Waals surface area contributed by atoms with E-state index in [9.17, 15) is 4.39 Å². The van der Waals surface area contributed by atoms with Crippen molar-refractivity contribution in [1.82, 2.24) is 5.32 Å². The fraction of sp³-hybridized carbons (Fsp3) is 0.667. The van der Waals surface area contributed by atoms with Crippen LogP contribution in [0.4, 0.5) is 4.39 Å². The predicted molar refractivity (Wildman–Crippen MR) is 68.7 cm³/mol. The first-order chi connectivity index (χ1) is 7.63. The summed E-state index contributed by atoms with van der Waals surface area (Å²) in [5.41, 5.74) is -0.971. The minimum Gasteiger partial charge on any atom is -0.311 e. The summed E-state index contributed by atoms with van der Waals surface area (Å²) in [6.45, 7) is 0. The van der Waals surface area contributed by atoms with Gasteiger partial charge in [-0.1, -0.05) is 0 Å². The number of piperidine rings is 1. The van der Waals surface area contributed by atoms with Crippen molar-refractivity contribution in [2.75, 3.05) is 0 Å². The first-order valence-electron chi connectivity index (χ1n) is 5.81. The average molecular weight is 304 g/mol. The lowest BCUT2D eigenvalue weighted by Crippen LogP contribution is -2.47. The van der Waals surface area contributed by atoms with Gasteiger partial charge < -0.3 is 5.32 Å². The molecule has 2 saturated heterocycles. The summed E-state index contributed by atoms with van der Waals surface area (Å²) in [4.78, 5) is 1.16. The monoisotopic (exact) mass is 303 g/mol. The van der Waals surface area contributed by atoms with Gasteiger partial charge in [0, 0.05) is 33.2 Å². The van der Waals surface area contributed by atoms with Gasteiger partial charge in [-0.15, -0.1) is 11.3 Å². The van der Waals surface area contributed by atoms with Crippen molar-refractivity contribution in [2.24, 2.45) is 0 Å². The van der Waals surface area contributed by atoms with Gasteiger partial charge in [0.25, 0.3) is 0 Å². The Bertz CT molecular complexity index is 380. The summed E-state index contributed by atoms with van der Waals surface area (Å²) < 4.78 is 15.8. The molecule has 3 rings (SSSR count). The molecular formula is C12H15BrFNS. The molecule has 2 aliphatic heterocycles. The largest absolute Gasteiger partial charge is 0.311 e. The van der Waals surface area contributed by atoms with Crippen LogP contribution < -0.4 is 5.32 Å². The van der Waals surface area contributed by atoms with Gasteiger partial charge in [0.2, 0.25) is 0 Å². The van der Waals surface area contributed by atoms with E-state index in [0.29, 0.717) is 31.3 Å². The Morgan fingerprint density at radius 1 is 1.44 bits per heavy atom. The Kier molecular flexibility index (Phi) is 2.84. The fourth-order valence-corrected chi connectivity index (χ4v) is 4.67. The van der Waals surface area contributed by atoms with Gasteiger partial charge in [-0.2, -0.15) is 0 Å². The Morgan fingerprint density at radius 2 is 2.12 bits per heavy atom. The summed E-state index contributed by atoms with van der Waals surface area (Å²) in [5, 5.41) is 5.53. The maximum absolute atomic E-state index is 14.8. The molecule has 0 radical (unpaired) electrons. The normalized spacial score (nSPS) is 37.9. The Labute approximate surface area is 108 Å². The molecule has 88 valence electrons. The van der Waals surface area contributed by atoms with E-state index < -0.39 is 5.67 Å². The smallest absolute Gasteiger partial charge is 0.118 e. The Balaban J connectivity index is 1.74. The minimum absolute atomic E-state index is 0.423. The topological polar surface area (TPSA) is 12.0 Å². The second-order valence-electron chi connectivity index (χ2n) is 5.11. The molecule has 3 heterocycles. The highest BCUT2D eigenvalue weighted by Gasteiger charge is 2.44. The van der Waals surface area contributed by atoms with Crippen molar-refractivity contribution in [3.05, 3.63) is 20.8 Å². The zero-order chi connectivity index (χ0) is 11.2.